The number of rotatable bonds is 5. The molecular formula is C21H27FN4O3. The molecule has 2 fully saturated rings. The van der Waals surface area contributed by atoms with Crippen molar-refractivity contribution in [1.82, 2.24) is 14.8 Å². The van der Waals surface area contributed by atoms with Gasteiger partial charge in [0.25, 0.3) is 0 Å². The Morgan fingerprint density at radius 2 is 2.10 bits per heavy atom. The van der Waals surface area contributed by atoms with Gasteiger partial charge < -0.3 is 20.1 Å². The molecule has 3 heterocycles. The molecule has 0 unspecified atom stereocenters. The molecule has 0 spiro atoms. The first-order valence-electron chi connectivity index (χ1n) is 10.0. The standard InChI is InChI=1S/C21H27FN4O3/c1-28-16-2-3-17-18(11-16)24-7-4-19(17)29-15-5-8-25(9-6-15)13-21(27)26-12-14(22)10-20(26)23/h2-4,7,11,14-15,20H,5-6,8-10,12-13,23H2,1H3/t14-,20-/m0/s1. The topological polar surface area (TPSA) is 80.9 Å². The third-order valence-corrected chi connectivity index (χ3v) is 5.71. The van der Waals surface area contributed by atoms with Crippen LogP contribution in [-0.2, 0) is 4.79 Å². The minimum Gasteiger partial charge on any atom is -0.497 e. The largest absolute Gasteiger partial charge is 0.497 e. The molecular weight excluding hydrogens is 375 g/mol. The quantitative estimate of drug-likeness (QED) is 0.823. The van der Waals surface area contributed by atoms with Crippen molar-refractivity contribution in [3.05, 3.63) is 30.5 Å². The fourth-order valence-electron chi connectivity index (χ4n) is 4.08. The molecule has 2 aromatic rings. The van der Waals surface area contributed by atoms with E-state index in [0.29, 0.717) is 0 Å². The number of benzene rings is 1. The summed E-state index contributed by atoms with van der Waals surface area (Å²) in [6.07, 6.45) is 2.18. The molecule has 0 saturated carbocycles. The lowest BCUT2D eigenvalue weighted by Gasteiger charge is -2.33. The molecule has 2 saturated heterocycles. The van der Waals surface area contributed by atoms with Crippen LogP contribution in [0.5, 0.6) is 11.5 Å². The fraction of sp³-hybridized carbons (Fsp3) is 0.524. The summed E-state index contributed by atoms with van der Waals surface area (Å²) in [6, 6.07) is 7.63. The van der Waals surface area contributed by atoms with Gasteiger partial charge in [-0.25, -0.2) is 4.39 Å². The van der Waals surface area contributed by atoms with Gasteiger partial charge in [0.2, 0.25) is 5.91 Å². The number of hydrogen-bond donors (Lipinski definition) is 1. The Labute approximate surface area is 169 Å². The number of nitrogens with two attached hydrogens (primary N) is 1. The van der Waals surface area contributed by atoms with Crippen LogP contribution < -0.4 is 15.2 Å². The van der Waals surface area contributed by atoms with E-state index in [0.717, 1.165) is 48.3 Å². The molecule has 0 bridgehead atoms. The molecule has 2 N–H and O–H groups in total. The number of carbonyl (C=O) groups excluding carboxylic acids is 1. The highest BCUT2D eigenvalue weighted by Crippen LogP contribution is 2.29. The number of likely N-dealkylation sites (tertiary alicyclic amines) is 2. The third kappa shape index (κ3) is 4.43. The summed E-state index contributed by atoms with van der Waals surface area (Å²) in [5.41, 5.74) is 6.69. The predicted molar refractivity (Wildman–Crippen MR) is 108 cm³/mol. The molecule has 156 valence electrons. The van der Waals surface area contributed by atoms with Gasteiger partial charge in [-0.15, -0.1) is 0 Å². The second-order valence-corrected chi connectivity index (χ2v) is 7.73. The van der Waals surface area contributed by atoms with Crippen LogP contribution in [0, 0.1) is 0 Å². The summed E-state index contributed by atoms with van der Waals surface area (Å²) in [7, 11) is 1.63. The lowest BCUT2D eigenvalue weighted by atomic mass is 10.1. The molecule has 8 heteroatoms. The summed E-state index contributed by atoms with van der Waals surface area (Å²) >= 11 is 0. The van der Waals surface area contributed by atoms with Crippen LogP contribution in [0.25, 0.3) is 10.9 Å². The molecule has 29 heavy (non-hydrogen) atoms. The number of pyridine rings is 1. The van der Waals surface area contributed by atoms with Gasteiger partial charge in [0.05, 0.1) is 31.9 Å². The number of hydrogen-bond acceptors (Lipinski definition) is 6. The number of nitrogens with zero attached hydrogens (tertiary/aromatic N) is 3. The maximum Gasteiger partial charge on any atom is 0.238 e. The van der Waals surface area contributed by atoms with Crippen molar-refractivity contribution in [3.8, 4) is 11.5 Å². The molecule has 0 radical (unpaired) electrons. The van der Waals surface area contributed by atoms with Gasteiger partial charge in [-0.05, 0) is 31.0 Å². The van der Waals surface area contributed by atoms with E-state index in [4.69, 9.17) is 15.2 Å². The normalized spacial score (nSPS) is 23.5. The molecule has 2 aliphatic heterocycles. The smallest absolute Gasteiger partial charge is 0.238 e. The second kappa shape index (κ2) is 8.51. The van der Waals surface area contributed by atoms with Crippen molar-refractivity contribution in [1.29, 1.82) is 0 Å². The summed E-state index contributed by atoms with van der Waals surface area (Å²) in [5.74, 6) is 1.48. The number of amides is 1. The van der Waals surface area contributed by atoms with Crippen LogP contribution >= 0.6 is 0 Å². The van der Waals surface area contributed by atoms with Crippen LogP contribution in [0.2, 0.25) is 0 Å². The zero-order valence-electron chi connectivity index (χ0n) is 16.6. The number of carbonyl (C=O) groups is 1. The van der Waals surface area contributed by atoms with E-state index in [1.165, 1.54) is 4.90 Å². The molecule has 2 aliphatic rings. The molecule has 2 atom stereocenters. The number of piperidine rings is 1. The van der Waals surface area contributed by atoms with Crippen molar-refractivity contribution in [2.75, 3.05) is 33.3 Å². The van der Waals surface area contributed by atoms with Gasteiger partial charge in [0.1, 0.15) is 23.8 Å². The first-order chi connectivity index (χ1) is 14.0. The van der Waals surface area contributed by atoms with Gasteiger partial charge >= 0.3 is 0 Å². The zero-order chi connectivity index (χ0) is 20.4. The van der Waals surface area contributed by atoms with E-state index in [9.17, 15) is 9.18 Å². The van der Waals surface area contributed by atoms with Crippen LogP contribution in [0.3, 0.4) is 0 Å². The number of halogens is 1. The monoisotopic (exact) mass is 402 g/mol. The third-order valence-electron chi connectivity index (χ3n) is 5.71. The maximum absolute atomic E-state index is 13.5. The number of aromatic nitrogens is 1. The Kier molecular flexibility index (Phi) is 5.82. The lowest BCUT2D eigenvalue weighted by Crippen LogP contribution is -2.48. The van der Waals surface area contributed by atoms with Crippen molar-refractivity contribution < 1.29 is 18.7 Å². The van der Waals surface area contributed by atoms with Gasteiger partial charge in [-0.3, -0.25) is 14.7 Å². The van der Waals surface area contributed by atoms with Gasteiger partial charge in [-0.2, -0.15) is 0 Å². The fourth-order valence-corrected chi connectivity index (χ4v) is 4.08. The number of ether oxygens (including phenoxy) is 2. The molecule has 0 aliphatic carbocycles. The zero-order valence-corrected chi connectivity index (χ0v) is 16.6. The van der Waals surface area contributed by atoms with Crippen LogP contribution in [0.4, 0.5) is 4.39 Å². The van der Waals surface area contributed by atoms with Gasteiger partial charge in [0, 0.05) is 37.2 Å². The van der Waals surface area contributed by atoms with Crippen LogP contribution in [-0.4, -0.2) is 72.4 Å². The molecule has 4 rings (SSSR count). The van der Waals surface area contributed by atoms with Gasteiger partial charge in [-0.1, -0.05) is 0 Å². The first-order valence-corrected chi connectivity index (χ1v) is 10.0. The lowest BCUT2D eigenvalue weighted by molar-refractivity contribution is -0.133. The highest BCUT2D eigenvalue weighted by molar-refractivity contribution is 5.86. The molecule has 1 amide bonds. The Hall–Kier alpha value is -2.45. The minimum atomic E-state index is -1.01. The summed E-state index contributed by atoms with van der Waals surface area (Å²) in [6.45, 7) is 1.91. The highest BCUT2D eigenvalue weighted by atomic mass is 19.1. The summed E-state index contributed by atoms with van der Waals surface area (Å²) in [5, 5.41) is 0.953. The van der Waals surface area contributed by atoms with Gasteiger partial charge in [0.15, 0.2) is 0 Å². The van der Waals surface area contributed by atoms with E-state index in [-0.39, 0.29) is 31.5 Å². The van der Waals surface area contributed by atoms with E-state index in [1.54, 1.807) is 13.3 Å². The van der Waals surface area contributed by atoms with E-state index < -0.39 is 12.3 Å². The Morgan fingerprint density at radius 3 is 2.79 bits per heavy atom. The van der Waals surface area contributed by atoms with E-state index in [1.807, 2.05) is 24.3 Å². The average Bonchev–Trinajstić information content (AvgIpc) is 3.07. The number of alkyl halides is 1. The summed E-state index contributed by atoms with van der Waals surface area (Å²) < 4.78 is 25.0. The Balaban J connectivity index is 1.32. The SMILES string of the molecule is COc1ccc2c(OC3CCN(CC(=O)N4C[C@@H](F)C[C@H]4N)CC3)ccnc2c1. The molecule has 1 aromatic carbocycles. The molecule has 7 nitrogen and oxygen atoms in total. The number of fused-ring (bicyclic) bond motifs is 1. The number of methoxy groups -OCH3 is 1. The second-order valence-electron chi connectivity index (χ2n) is 7.73. The van der Waals surface area contributed by atoms with Crippen molar-refractivity contribution in [2.24, 2.45) is 5.73 Å². The predicted octanol–water partition coefficient (Wildman–Crippen LogP) is 1.94. The van der Waals surface area contributed by atoms with Crippen molar-refractivity contribution in [3.63, 3.8) is 0 Å². The van der Waals surface area contributed by atoms with Crippen molar-refractivity contribution >= 4 is 16.8 Å². The average molecular weight is 402 g/mol. The van der Waals surface area contributed by atoms with E-state index in [2.05, 4.69) is 9.88 Å². The highest BCUT2D eigenvalue weighted by Gasteiger charge is 2.34. The van der Waals surface area contributed by atoms with Crippen molar-refractivity contribution in [2.45, 2.75) is 37.7 Å². The summed E-state index contributed by atoms with van der Waals surface area (Å²) in [4.78, 5) is 20.4. The van der Waals surface area contributed by atoms with E-state index >= 15 is 0 Å². The first kappa shape index (κ1) is 19.8. The Morgan fingerprint density at radius 1 is 1.31 bits per heavy atom. The maximum atomic E-state index is 13.5. The Bertz CT molecular complexity index is 872. The van der Waals surface area contributed by atoms with Crippen LogP contribution in [0.15, 0.2) is 30.5 Å². The van der Waals surface area contributed by atoms with Crippen LogP contribution in [0.1, 0.15) is 19.3 Å². The molecule has 1 aromatic heterocycles. The minimum absolute atomic E-state index is 0.0818.